The van der Waals surface area contributed by atoms with E-state index in [0.29, 0.717) is 12.8 Å². The highest BCUT2D eigenvalue weighted by molar-refractivity contribution is 7.87. The number of carbonyl (C=O) groups is 2. The molecule has 11 heteroatoms. The molecule has 0 aromatic heterocycles. The van der Waals surface area contributed by atoms with Crippen LogP contribution in [0.4, 0.5) is 13.2 Å². The van der Waals surface area contributed by atoms with Gasteiger partial charge in [-0.25, -0.2) is 4.79 Å². The van der Waals surface area contributed by atoms with Crippen LogP contribution in [0.3, 0.4) is 0 Å². The lowest BCUT2D eigenvalue weighted by molar-refractivity contribution is -0.158. The summed E-state index contributed by atoms with van der Waals surface area (Å²) in [4.78, 5) is 22.7. The molecule has 1 aliphatic carbocycles. The first-order valence-electron chi connectivity index (χ1n) is 7.05. The third kappa shape index (κ3) is 4.26. The van der Waals surface area contributed by atoms with Gasteiger partial charge >= 0.3 is 18.1 Å². The maximum Gasteiger partial charge on any atom is 0.422 e. The maximum atomic E-state index is 12.2. The Bertz CT molecular complexity index is 640. The van der Waals surface area contributed by atoms with Crippen molar-refractivity contribution in [3.8, 4) is 0 Å². The Hall–Kier alpha value is -1.62. The minimum Gasteiger partial charge on any atom is -0.461 e. The average Bonchev–Trinajstić information content (AvgIpc) is 2.70. The summed E-state index contributed by atoms with van der Waals surface area (Å²) in [7, 11) is -3.62. The topological polar surface area (TPSA) is 96.0 Å². The van der Waals surface area contributed by atoms with Gasteiger partial charge < -0.3 is 9.47 Å². The summed E-state index contributed by atoms with van der Waals surface area (Å²) in [6.07, 6.45) is -6.00. The molecule has 24 heavy (non-hydrogen) atoms. The fraction of sp³-hybridized carbons (Fsp3) is 0.692. The molecule has 0 spiro atoms. The number of ether oxygens (including phenoxy) is 2. The van der Waals surface area contributed by atoms with Crippen molar-refractivity contribution in [2.24, 2.45) is 0 Å². The van der Waals surface area contributed by atoms with E-state index in [1.54, 1.807) is 0 Å². The first-order valence-corrected chi connectivity index (χ1v) is 8.52. The summed E-state index contributed by atoms with van der Waals surface area (Å²) in [6, 6.07) is 0. The summed E-state index contributed by atoms with van der Waals surface area (Å²) in [5, 5.41) is -0.591. The first kappa shape index (κ1) is 18.7. The van der Waals surface area contributed by atoms with E-state index in [4.69, 9.17) is 8.92 Å². The number of hydrogen-bond acceptors (Lipinski definition) is 7. The molecule has 7 nitrogen and oxygen atoms in total. The molecule has 3 atom stereocenters. The van der Waals surface area contributed by atoms with Crippen molar-refractivity contribution in [1.82, 2.24) is 0 Å². The number of halogens is 3. The maximum absolute atomic E-state index is 12.2. The summed E-state index contributed by atoms with van der Waals surface area (Å²) in [6.45, 7) is 1.96. The van der Waals surface area contributed by atoms with E-state index < -0.39 is 64.3 Å². The molecule has 2 rings (SSSR count). The van der Waals surface area contributed by atoms with Gasteiger partial charge in [-0.05, 0) is 19.3 Å². The van der Waals surface area contributed by atoms with Gasteiger partial charge in [0.2, 0.25) is 0 Å². The molecule has 0 radical (unpaired) electrons. The van der Waals surface area contributed by atoms with E-state index in [9.17, 15) is 31.2 Å². The summed E-state index contributed by atoms with van der Waals surface area (Å²) < 4.78 is 73.9. The standard InChI is InChI=1S/C13H15F3O7S/c1-7(13(14,15)16)12(18)21-5-4-11(17)22-9-3-2-8-6-10(9)23-24(8,19)20/h8-10H,1-6H2. The Morgan fingerprint density at radius 1 is 1.25 bits per heavy atom. The van der Waals surface area contributed by atoms with Crippen molar-refractivity contribution in [3.05, 3.63) is 12.2 Å². The molecule has 0 N–H and O–H groups in total. The van der Waals surface area contributed by atoms with Crippen LogP contribution in [0.1, 0.15) is 25.7 Å². The number of carbonyl (C=O) groups excluding carboxylic acids is 2. The molecule has 1 saturated carbocycles. The van der Waals surface area contributed by atoms with Gasteiger partial charge in [0.05, 0.1) is 11.7 Å². The highest BCUT2D eigenvalue weighted by Gasteiger charge is 2.48. The van der Waals surface area contributed by atoms with E-state index in [1.165, 1.54) is 0 Å². The molecule has 1 aliphatic heterocycles. The second kappa shape index (κ2) is 6.71. The van der Waals surface area contributed by atoms with Crippen LogP contribution in [0, 0.1) is 0 Å². The lowest BCUT2D eigenvalue weighted by atomic mass is 9.94. The normalized spacial score (nSPS) is 28.2. The van der Waals surface area contributed by atoms with Crippen LogP contribution in [-0.4, -0.2) is 50.6 Å². The number of fused-ring (bicyclic) bond motifs is 2. The summed E-state index contributed by atoms with van der Waals surface area (Å²) in [5.74, 6) is -2.49. The van der Waals surface area contributed by atoms with Gasteiger partial charge in [-0.1, -0.05) is 6.58 Å². The lowest BCUT2D eigenvalue weighted by Gasteiger charge is -2.25. The van der Waals surface area contributed by atoms with Gasteiger partial charge in [0, 0.05) is 0 Å². The molecular formula is C13H15F3O7S. The summed E-state index contributed by atoms with van der Waals surface area (Å²) in [5.41, 5.74) is -1.67. The van der Waals surface area contributed by atoms with E-state index in [1.807, 2.05) is 0 Å². The fourth-order valence-electron chi connectivity index (χ4n) is 2.47. The quantitative estimate of drug-likeness (QED) is 0.407. The zero-order valence-electron chi connectivity index (χ0n) is 12.4. The molecule has 136 valence electrons. The predicted molar refractivity (Wildman–Crippen MR) is 72.1 cm³/mol. The van der Waals surface area contributed by atoms with Crippen molar-refractivity contribution in [2.45, 2.75) is 49.3 Å². The van der Waals surface area contributed by atoms with Gasteiger partial charge in [0.1, 0.15) is 24.4 Å². The molecule has 2 bridgehead atoms. The van der Waals surface area contributed by atoms with Crippen LogP contribution in [0.5, 0.6) is 0 Å². The molecule has 0 aromatic carbocycles. The fourth-order valence-corrected chi connectivity index (χ4v) is 4.03. The molecule has 1 heterocycles. The van der Waals surface area contributed by atoms with Crippen molar-refractivity contribution in [1.29, 1.82) is 0 Å². The highest BCUT2D eigenvalue weighted by atomic mass is 32.2. The smallest absolute Gasteiger partial charge is 0.422 e. The molecular weight excluding hydrogens is 357 g/mol. The largest absolute Gasteiger partial charge is 0.461 e. The van der Waals surface area contributed by atoms with Crippen molar-refractivity contribution >= 4 is 22.1 Å². The molecule has 0 amide bonds. The number of esters is 2. The Morgan fingerprint density at radius 3 is 2.54 bits per heavy atom. The van der Waals surface area contributed by atoms with Crippen LogP contribution in [0.15, 0.2) is 12.2 Å². The van der Waals surface area contributed by atoms with Gasteiger partial charge in [-0.3, -0.25) is 8.98 Å². The predicted octanol–water partition coefficient (Wildman–Crippen LogP) is 1.23. The molecule has 1 saturated heterocycles. The van der Waals surface area contributed by atoms with Crippen LogP contribution in [-0.2, 0) is 33.4 Å². The van der Waals surface area contributed by atoms with Crippen molar-refractivity contribution in [3.63, 3.8) is 0 Å². The Kier molecular flexibility index (Phi) is 5.23. The van der Waals surface area contributed by atoms with E-state index in [0.717, 1.165) is 0 Å². The van der Waals surface area contributed by atoms with Crippen LogP contribution in [0.25, 0.3) is 0 Å². The van der Waals surface area contributed by atoms with Crippen LogP contribution in [0.2, 0.25) is 0 Å². The average molecular weight is 372 g/mol. The van der Waals surface area contributed by atoms with E-state index >= 15 is 0 Å². The molecule has 3 unspecified atom stereocenters. The third-order valence-corrected chi connectivity index (χ3v) is 5.52. The minimum atomic E-state index is -4.90. The van der Waals surface area contributed by atoms with Gasteiger partial charge in [0.15, 0.2) is 0 Å². The number of rotatable bonds is 5. The third-order valence-electron chi connectivity index (χ3n) is 3.76. The van der Waals surface area contributed by atoms with Crippen molar-refractivity contribution in [2.75, 3.05) is 6.61 Å². The Labute approximate surface area is 135 Å². The second-order valence-corrected chi connectivity index (χ2v) is 7.30. The zero-order valence-corrected chi connectivity index (χ0v) is 13.2. The van der Waals surface area contributed by atoms with Gasteiger partial charge in [-0.15, -0.1) is 0 Å². The molecule has 2 fully saturated rings. The van der Waals surface area contributed by atoms with Gasteiger partial charge in [-0.2, -0.15) is 21.6 Å². The van der Waals surface area contributed by atoms with Crippen LogP contribution >= 0.6 is 0 Å². The van der Waals surface area contributed by atoms with E-state index in [2.05, 4.69) is 11.3 Å². The van der Waals surface area contributed by atoms with Gasteiger partial charge in [0.25, 0.3) is 10.1 Å². The summed E-state index contributed by atoms with van der Waals surface area (Å²) >= 11 is 0. The van der Waals surface area contributed by atoms with Crippen molar-refractivity contribution < 1.29 is 44.8 Å². The van der Waals surface area contributed by atoms with Crippen LogP contribution < -0.4 is 0 Å². The monoisotopic (exact) mass is 372 g/mol. The molecule has 0 aromatic rings. The lowest BCUT2D eigenvalue weighted by Crippen LogP contribution is -2.34. The van der Waals surface area contributed by atoms with E-state index in [-0.39, 0.29) is 6.42 Å². The SMILES string of the molecule is C=C(C(=O)OCCC(=O)OC1CCC2CC1OS2(=O)=O)C(F)(F)F. The Balaban J connectivity index is 1.75. The zero-order chi connectivity index (χ0) is 18.1. The second-order valence-electron chi connectivity index (χ2n) is 5.45. The molecule has 2 aliphatic rings. The first-order chi connectivity index (χ1) is 11.0. The Morgan fingerprint density at radius 2 is 1.92 bits per heavy atom. The number of hydrogen-bond donors (Lipinski definition) is 0. The highest BCUT2D eigenvalue weighted by Crippen LogP contribution is 2.37. The number of alkyl halides is 3. The minimum absolute atomic E-state index is 0.237.